The Bertz CT molecular complexity index is 441. The lowest BCUT2D eigenvalue weighted by Gasteiger charge is -2.37. The van der Waals surface area contributed by atoms with Crippen molar-refractivity contribution < 1.29 is 14.6 Å². The first kappa shape index (κ1) is 13.5. The molecule has 1 aromatic rings. The van der Waals surface area contributed by atoms with Crippen LogP contribution in [0.25, 0.3) is 0 Å². The molecule has 0 radical (unpaired) electrons. The quantitative estimate of drug-likeness (QED) is 0.887. The summed E-state index contributed by atoms with van der Waals surface area (Å²) >= 11 is 3.30. The molecule has 0 aliphatic carbocycles. The minimum Gasteiger partial charge on any atom is -0.394 e. The SMILES string of the molecule is CC1COC(CO)CN1C(=O)c1cncc(Br)c1. The van der Waals surface area contributed by atoms with Gasteiger partial charge in [0.15, 0.2) is 0 Å². The second-order valence-corrected chi connectivity index (χ2v) is 5.25. The van der Waals surface area contributed by atoms with E-state index in [9.17, 15) is 4.79 Å². The lowest BCUT2D eigenvalue weighted by atomic mass is 10.1. The number of carbonyl (C=O) groups is 1. The summed E-state index contributed by atoms with van der Waals surface area (Å²) in [5, 5.41) is 9.11. The molecule has 18 heavy (non-hydrogen) atoms. The Morgan fingerprint density at radius 2 is 2.44 bits per heavy atom. The number of nitrogens with zero attached hydrogens (tertiary/aromatic N) is 2. The fraction of sp³-hybridized carbons (Fsp3) is 0.500. The average molecular weight is 315 g/mol. The summed E-state index contributed by atoms with van der Waals surface area (Å²) in [5.74, 6) is -0.0851. The number of halogens is 1. The van der Waals surface area contributed by atoms with Crippen molar-refractivity contribution in [2.24, 2.45) is 0 Å². The van der Waals surface area contributed by atoms with Crippen molar-refractivity contribution in [3.63, 3.8) is 0 Å². The van der Waals surface area contributed by atoms with Crippen LogP contribution in [0.1, 0.15) is 17.3 Å². The molecule has 1 saturated heterocycles. The third kappa shape index (κ3) is 2.88. The number of aromatic nitrogens is 1. The molecule has 2 atom stereocenters. The van der Waals surface area contributed by atoms with Crippen molar-refractivity contribution in [3.05, 3.63) is 28.5 Å². The monoisotopic (exact) mass is 314 g/mol. The summed E-state index contributed by atoms with van der Waals surface area (Å²) in [6, 6.07) is 1.74. The predicted octanol–water partition coefficient (Wildman–Crippen LogP) is 1.07. The van der Waals surface area contributed by atoms with Crippen molar-refractivity contribution in [1.29, 1.82) is 0 Å². The van der Waals surface area contributed by atoms with Crippen molar-refractivity contribution in [2.45, 2.75) is 19.1 Å². The maximum Gasteiger partial charge on any atom is 0.255 e. The Hall–Kier alpha value is -0.980. The van der Waals surface area contributed by atoms with Gasteiger partial charge in [-0.2, -0.15) is 0 Å². The molecular weight excluding hydrogens is 300 g/mol. The van der Waals surface area contributed by atoms with Gasteiger partial charge in [0, 0.05) is 23.4 Å². The molecule has 1 aliphatic rings. The number of morpholine rings is 1. The van der Waals surface area contributed by atoms with Gasteiger partial charge in [-0.1, -0.05) is 0 Å². The molecule has 0 spiro atoms. The molecule has 1 aliphatic heterocycles. The van der Waals surface area contributed by atoms with E-state index in [4.69, 9.17) is 9.84 Å². The first-order valence-corrected chi connectivity index (χ1v) is 6.55. The number of ether oxygens (including phenoxy) is 1. The maximum atomic E-state index is 12.4. The van der Waals surface area contributed by atoms with Crippen LogP contribution in [0.4, 0.5) is 0 Å². The highest BCUT2D eigenvalue weighted by atomic mass is 79.9. The second kappa shape index (κ2) is 5.77. The Morgan fingerprint density at radius 3 is 3.11 bits per heavy atom. The molecule has 2 heterocycles. The van der Waals surface area contributed by atoms with Crippen LogP contribution in [0.2, 0.25) is 0 Å². The first-order valence-electron chi connectivity index (χ1n) is 5.75. The van der Waals surface area contributed by atoms with Gasteiger partial charge in [-0.25, -0.2) is 0 Å². The van der Waals surface area contributed by atoms with E-state index in [1.807, 2.05) is 6.92 Å². The number of aliphatic hydroxyl groups excluding tert-OH is 1. The van der Waals surface area contributed by atoms with Crippen LogP contribution in [0.5, 0.6) is 0 Å². The fourth-order valence-corrected chi connectivity index (χ4v) is 2.27. The molecule has 1 aromatic heterocycles. The summed E-state index contributed by atoms with van der Waals surface area (Å²) in [7, 11) is 0. The van der Waals surface area contributed by atoms with E-state index in [1.54, 1.807) is 23.4 Å². The molecule has 5 nitrogen and oxygen atoms in total. The van der Waals surface area contributed by atoms with Gasteiger partial charge in [0.1, 0.15) is 0 Å². The predicted molar refractivity (Wildman–Crippen MR) is 69.3 cm³/mol. The highest BCUT2D eigenvalue weighted by molar-refractivity contribution is 9.10. The average Bonchev–Trinajstić information content (AvgIpc) is 2.38. The van der Waals surface area contributed by atoms with Crippen LogP contribution in [-0.2, 0) is 4.74 Å². The number of carbonyl (C=O) groups excluding carboxylic acids is 1. The van der Waals surface area contributed by atoms with Gasteiger partial charge in [-0.3, -0.25) is 9.78 Å². The summed E-state index contributed by atoms with van der Waals surface area (Å²) in [6.45, 7) is 2.70. The Morgan fingerprint density at radius 1 is 1.67 bits per heavy atom. The molecule has 0 aromatic carbocycles. The molecule has 1 N–H and O–H groups in total. The van der Waals surface area contributed by atoms with Gasteiger partial charge < -0.3 is 14.7 Å². The smallest absolute Gasteiger partial charge is 0.255 e. The molecule has 2 unspecified atom stereocenters. The van der Waals surface area contributed by atoms with Crippen molar-refractivity contribution in [1.82, 2.24) is 9.88 Å². The molecule has 0 bridgehead atoms. The Kier molecular flexibility index (Phi) is 4.31. The number of amides is 1. The zero-order chi connectivity index (χ0) is 13.1. The summed E-state index contributed by atoms with van der Waals surface area (Å²) in [4.78, 5) is 18.1. The van der Waals surface area contributed by atoms with Crippen LogP contribution in [-0.4, -0.2) is 52.8 Å². The highest BCUT2D eigenvalue weighted by Crippen LogP contribution is 2.17. The van der Waals surface area contributed by atoms with Gasteiger partial charge in [0.2, 0.25) is 0 Å². The number of hydrogen-bond acceptors (Lipinski definition) is 4. The van der Waals surface area contributed by atoms with Gasteiger partial charge in [-0.05, 0) is 28.9 Å². The molecule has 2 rings (SSSR count). The number of aliphatic hydroxyl groups is 1. The van der Waals surface area contributed by atoms with E-state index in [-0.39, 0.29) is 24.7 Å². The first-order chi connectivity index (χ1) is 8.61. The molecule has 6 heteroatoms. The maximum absolute atomic E-state index is 12.4. The number of rotatable bonds is 2. The third-order valence-corrected chi connectivity index (χ3v) is 3.36. The fourth-order valence-electron chi connectivity index (χ4n) is 1.91. The van der Waals surface area contributed by atoms with E-state index in [2.05, 4.69) is 20.9 Å². The van der Waals surface area contributed by atoms with E-state index in [0.29, 0.717) is 18.7 Å². The van der Waals surface area contributed by atoms with E-state index in [1.165, 1.54) is 0 Å². The Labute approximate surface area is 114 Å². The topological polar surface area (TPSA) is 62.7 Å². The van der Waals surface area contributed by atoms with Crippen LogP contribution in [0.15, 0.2) is 22.9 Å². The van der Waals surface area contributed by atoms with Gasteiger partial charge >= 0.3 is 0 Å². The zero-order valence-corrected chi connectivity index (χ0v) is 11.6. The van der Waals surface area contributed by atoms with Crippen LogP contribution >= 0.6 is 15.9 Å². The van der Waals surface area contributed by atoms with E-state index >= 15 is 0 Å². The third-order valence-electron chi connectivity index (χ3n) is 2.92. The molecule has 0 saturated carbocycles. The normalized spacial score (nSPS) is 24.1. The van der Waals surface area contributed by atoms with Crippen molar-refractivity contribution in [3.8, 4) is 0 Å². The van der Waals surface area contributed by atoms with Crippen molar-refractivity contribution >= 4 is 21.8 Å². The lowest BCUT2D eigenvalue weighted by Crippen LogP contribution is -2.52. The molecule has 1 amide bonds. The molecular formula is C12H15BrN2O3. The minimum atomic E-state index is -0.301. The molecule has 1 fully saturated rings. The number of hydrogen-bond donors (Lipinski definition) is 1. The van der Waals surface area contributed by atoms with E-state index < -0.39 is 0 Å². The summed E-state index contributed by atoms with van der Waals surface area (Å²) in [5.41, 5.74) is 0.537. The lowest BCUT2D eigenvalue weighted by molar-refractivity contribution is -0.0667. The van der Waals surface area contributed by atoms with Gasteiger partial charge in [0.05, 0.1) is 30.9 Å². The number of pyridine rings is 1. The molecule has 98 valence electrons. The summed E-state index contributed by atoms with van der Waals surface area (Å²) < 4.78 is 6.18. The largest absolute Gasteiger partial charge is 0.394 e. The second-order valence-electron chi connectivity index (χ2n) is 4.34. The van der Waals surface area contributed by atoms with Gasteiger partial charge in [0.25, 0.3) is 5.91 Å². The Balaban J connectivity index is 2.16. The zero-order valence-electron chi connectivity index (χ0n) is 10.0. The van der Waals surface area contributed by atoms with Crippen LogP contribution in [0, 0.1) is 0 Å². The van der Waals surface area contributed by atoms with Crippen molar-refractivity contribution in [2.75, 3.05) is 19.8 Å². The minimum absolute atomic E-state index is 0.000665. The van der Waals surface area contributed by atoms with E-state index in [0.717, 1.165) is 4.47 Å². The van der Waals surface area contributed by atoms with Crippen LogP contribution < -0.4 is 0 Å². The van der Waals surface area contributed by atoms with Crippen LogP contribution in [0.3, 0.4) is 0 Å². The summed E-state index contributed by atoms with van der Waals surface area (Å²) in [6.07, 6.45) is 2.88. The standard InChI is InChI=1S/C12H15BrN2O3/c1-8-7-18-11(6-16)5-15(8)12(17)9-2-10(13)4-14-3-9/h2-4,8,11,16H,5-7H2,1H3. The highest BCUT2D eigenvalue weighted by Gasteiger charge is 2.30. The van der Waals surface area contributed by atoms with Gasteiger partial charge in [-0.15, -0.1) is 0 Å².